The second-order valence-electron chi connectivity index (χ2n) is 3.83. The number of ether oxygens (including phenoxy) is 1. The molecule has 0 rings (SSSR count). The molecule has 0 N–H and O–H groups in total. The zero-order valence-corrected chi connectivity index (χ0v) is 10.3. The topological polar surface area (TPSA) is 26.3 Å². The molecule has 0 aliphatic rings. The van der Waals surface area contributed by atoms with E-state index in [0.29, 0.717) is 6.61 Å². The molecule has 0 bridgehead atoms. The number of esters is 1. The molecule has 0 atom stereocenters. The van der Waals surface area contributed by atoms with Crippen LogP contribution >= 0.6 is 0 Å². The first kappa shape index (κ1) is 16.6. The van der Waals surface area contributed by atoms with E-state index < -0.39 is 0 Å². The highest BCUT2D eigenvalue weighted by atomic mass is 35.5. The van der Waals surface area contributed by atoms with Crippen LogP contribution in [0.1, 0.15) is 6.42 Å². The molecular weight excluding hydrogens is 214 g/mol. The third kappa shape index (κ3) is 9.50. The van der Waals surface area contributed by atoms with E-state index >= 15 is 0 Å². The van der Waals surface area contributed by atoms with Gasteiger partial charge in [-0.05, 0) is 0 Å². The summed E-state index contributed by atoms with van der Waals surface area (Å²) in [6.45, 7) is 9.27. The molecule has 0 aromatic carbocycles. The van der Waals surface area contributed by atoms with Crippen molar-refractivity contribution in [3.8, 4) is 0 Å². The summed E-state index contributed by atoms with van der Waals surface area (Å²) >= 11 is 0. The SMILES string of the molecule is C=CCC[N+](C)(C)CCOC(=O)C=C.[Cl-]. The van der Waals surface area contributed by atoms with E-state index in [9.17, 15) is 4.79 Å². The lowest BCUT2D eigenvalue weighted by Gasteiger charge is -2.28. The fourth-order valence-corrected chi connectivity index (χ4v) is 1.00. The Morgan fingerprint density at radius 1 is 1.33 bits per heavy atom. The van der Waals surface area contributed by atoms with Crippen LogP contribution in [0.25, 0.3) is 0 Å². The number of carbonyl (C=O) groups is 1. The van der Waals surface area contributed by atoms with Gasteiger partial charge in [-0.2, -0.15) is 0 Å². The second kappa shape index (κ2) is 8.50. The minimum Gasteiger partial charge on any atom is -1.00 e. The molecule has 3 nitrogen and oxygen atoms in total. The lowest BCUT2D eigenvalue weighted by Crippen LogP contribution is -3.00. The van der Waals surface area contributed by atoms with E-state index in [2.05, 4.69) is 27.3 Å². The van der Waals surface area contributed by atoms with Crippen LogP contribution in [0, 0.1) is 0 Å². The van der Waals surface area contributed by atoms with Gasteiger partial charge in [0.2, 0.25) is 0 Å². The maximum Gasteiger partial charge on any atom is 0.330 e. The Morgan fingerprint density at radius 2 is 1.93 bits per heavy atom. The Morgan fingerprint density at radius 3 is 2.40 bits per heavy atom. The van der Waals surface area contributed by atoms with Crippen LogP contribution in [0.2, 0.25) is 0 Å². The minimum absolute atomic E-state index is 0. The van der Waals surface area contributed by atoms with Crippen molar-refractivity contribution in [1.82, 2.24) is 0 Å². The largest absolute Gasteiger partial charge is 1.00 e. The van der Waals surface area contributed by atoms with Gasteiger partial charge in [-0.15, -0.1) is 6.58 Å². The summed E-state index contributed by atoms with van der Waals surface area (Å²) < 4.78 is 5.74. The maximum absolute atomic E-state index is 10.7. The smallest absolute Gasteiger partial charge is 0.330 e. The van der Waals surface area contributed by atoms with Crippen LogP contribution < -0.4 is 12.4 Å². The highest BCUT2D eigenvalue weighted by Crippen LogP contribution is 1.99. The Balaban J connectivity index is 0. The van der Waals surface area contributed by atoms with E-state index in [1.807, 2.05) is 6.08 Å². The lowest BCUT2D eigenvalue weighted by molar-refractivity contribution is -0.890. The quantitative estimate of drug-likeness (QED) is 0.229. The van der Waals surface area contributed by atoms with Crippen LogP contribution in [0.5, 0.6) is 0 Å². The normalized spacial score (nSPS) is 10.0. The first-order valence-corrected chi connectivity index (χ1v) is 4.74. The summed E-state index contributed by atoms with van der Waals surface area (Å²) in [5.41, 5.74) is 0. The summed E-state index contributed by atoms with van der Waals surface area (Å²) in [4.78, 5) is 10.7. The molecular formula is C11H20ClNO2. The van der Waals surface area contributed by atoms with E-state index in [1.54, 1.807) is 0 Å². The van der Waals surface area contributed by atoms with Gasteiger partial charge in [0.05, 0.1) is 20.6 Å². The number of carbonyl (C=O) groups excluding carboxylic acids is 1. The molecule has 0 saturated heterocycles. The molecule has 0 aliphatic carbocycles. The van der Waals surface area contributed by atoms with Crippen molar-refractivity contribution < 1.29 is 26.4 Å². The van der Waals surface area contributed by atoms with Crippen LogP contribution in [-0.4, -0.2) is 44.2 Å². The number of rotatable bonds is 7. The van der Waals surface area contributed by atoms with Crippen molar-refractivity contribution in [3.63, 3.8) is 0 Å². The van der Waals surface area contributed by atoms with Crippen LogP contribution in [0.3, 0.4) is 0 Å². The Hall–Kier alpha value is -0.800. The van der Waals surface area contributed by atoms with Gasteiger partial charge in [0, 0.05) is 12.5 Å². The molecule has 0 unspecified atom stereocenters. The number of likely N-dealkylation sites (N-methyl/N-ethyl adjacent to an activating group) is 1. The third-order valence-electron chi connectivity index (χ3n) is 2.05. The lowest BCUT2D eigenvalue weighted by atomic mass is 10.3. The van der Waals surface area contributed by atoms with E-state index in [4.69, 9.17) is 4.74 Å². The van der Waals surface area contributed by atoms with Crippen LogP contribution in [0.4, 0.5) is 0 Å². The van der Waals surface area contributed by atoms with Crippen molar-refractivity contribution in [2.24, 2.45) is 0 Å². The molecule has 0 aromatic rings. The molecule has 4 heteroatoms. The molecule has 0 spiro atoms. The number of hydrogen-bond donors (Lipinski definition) is 0. The van der Waals surface area contributed by atoms with Gasteiger partial charge < -0.3 is 21.6 Å². The zero-order chi connectivity index (χ0) is 11.0. The van der Waals surface area contributed by atoms with Crippen molar-refractivity contribution in [2.45, 2.75) is 6.42 Å². The first-order chi connectivity index (χ1) is 6.52. The van der Waals surface area contributed by atoms with Crippen molar-refractivity contribution in [1.29, 1.82) is 0 Å². The first-order valence-electron chi connectivity index (χ1n) is 4.74. The third-order valence-corrected chi connectivity index (χ3v) is 2.05. The predicted molar refractivity (Wildman–Crippen MR) is 57.8 cm³/mol. The summed E-state index contributed by atoms with van der Waals surface area (Å²) in [6.07, 6.45) is 4.06. The van der Waals surface area contributed by atoms with Gasteiger partial charge in [-0.25, -0.2) is 4.79 Å². The summed E-state index contributed by atoms with van der Waals surface area (Å²) in [5, 5.41) is 0. The summed E-state index contributed by atoms with van der Waals surface area (Å²) in [7, 11) is 4.20. The van der Waals surface area contributed by atoms with Gasteiger partial charge in [0.1, 0.15) is 13.2 Å². The molecule has 0 amide bonds. The zero-order valence-electron chi connectivity index (χ0n) is 9.54. The molecule has 15 heavy (non-hydrogen) atoms. The highest BCUT2D eigenvalue weighted by molar-refractivity contribution is 5.81. The van der Waals surface area contributed by atoms with Crippen LogP contribution in [-0.2, 0) is 9.53 Å². The van der Waals surface area contributed by atoms with E-state index in [-0.39, 0.29) is 18.4 Å². The van der Waals surface area contributed by atoms with E-state index in [1.165, 1.54) is 6.08 Å². The van der Waals surface area contributed by atoms with Gasteiger partial charge in [0.25, 0.3) is 0 Å². The maximum atomic E-state index is 10.7. The Labute approximate surface area is 98.4 Å². The highest BCUT2D eigenvalue weighted by Gasteiger charge is 2.13. The molecule has 0 fully saturated rings. The Kier molecular flexibility index (Phi) is 9.42. The number of nitrogens with zero attached hydrogens (tertiary/aromatic N) is 1. The fraction of sp³-hybridized carbons (Fsp3) is 0.545. The van der Waals surface area contributed by atoms with E-state index in [0.717, 1.165) is 24.0 Å². The summed E-state index contributed by atoms with van der Waals surface area (Å²) in [6, 6.07) is 0. The van der Waals surface area contributed by atoms with Crippen molar-refractivity contribution in [3.05, 3.63) is 25.3 Å². The Bertz CT molecular complexity index is 215. The predicted octanol–water partition coefficient (Wildman–Crippen LogP) is -1.63. The molecule has 0 aromatic heterocycles. The average Bonchev–Trinajstić information content (AvgIpc) is 2.14. The van der Waals surface area contributed by atoms with Crippen molar-refractivity contribution >= 4 is 5.97 Å². The number of quaternary nitrogens is 1. The molecule has 0 heterocycles. The fourth-order valence-electron chi connectivity index (χ4n) is 1.00. The molecule has 0 saturated carbocycles. The molecule has 0 radical (unpaired) electrons. The average molecular weight is 234 g/mol. The van der Waals surface area contributed by atoms with Gasteiger partial charge in [-0.3, -0.25) is 0 Å². The minimum atomic E-state index is -0.353. The molecule has 88 valence electrons. The van der Waals surface area contributed by atoms with Crippen molar-refractivity contribution in [2.75, 3.05) is 33.8 Å². The number of halogens is 1. The van der Waals surface area contributed by atoms with Crippen LogP contribution in [0.15, 0.2) is 25.3 Å². The van der Waals surface area contributed by atoms with Gasteiger partial charge in [-0.1, -0.05) is 12.7 Å². The summed E-state index contributed by atoms with van der Waals surface area (Å²) in [5.74, 6) is -0.353. The monoisotopic (exact) mass is 233 g/mol. The number of hydrogen-bond acceptors (Lipinski definition) is 2. The standard InChI is InChI=1S/C11H20NO2.ClH/c1-5-7-8-12(3,4)9-10-14-11(13)6-2;/h5-6H,1-2,7-10H2,3-4H3;1H/q+1;/p-1. The van der Waals surface area contributed by atoms with Gasteiger partial charge in [0.15, 0.2) is 0 Å². The van der Waals surface area contributed by atoms with Gasteiger partial charge >= 0.3 is 5.97 Å². The second-order valence-corrected chi connectivity index (χ2v) is 3.83. The molecule has 0 aliphatic heterocycles.